The number of carbonyl (C=O) groups excluding carboxylic acids is 2. The number of allylic oxidation sites excluding steroid dienone is 1. The quantitative estimate of drug-likeness (QED) is 0.193. The maximum absolute atomic E-state index is 13.6. The van der Waals surface area contributed by atoms with Crippen molar-refractivity contribution in [3.05, 3.63) is 73.4 Å². The zero-order valence-corrected chi connectivity index (χ0v) is 20.8. The molecule has 1 unspecified atom stereocenters. The Balaban J connectivity index is 2.12. The van der Waals surface area contributed by atoms with Crippen molar-refractivity contribution < 1.29 is 27.2 Å². The Bertz CT molecular complexity index is 1060. The Labute approximate surface area is 212 Å². The monoisotopic (exact) mass is 583 g/mol. The molecule has 0 fully saturated rings. The van der Waals surface area contributed by atoms with Gasteiger partial charge in [0.15, 0.2) is 5.82 Å². The summed E-state index contributed by atoms with van der Waals surface area (Å²) in [6.45, 7) is 2.64. The standard InChI is InChI=1S/C22H20BrCl2F4N3O2/c1-2-30-21(34)32-8-7-31-20(33)14-5-3-12(9-16(14)23)4-6-15(22(27,28)29)13-10-17(24)19(26)18(25)11-13/h3-6,9-11,15H,2,7-8H2,1H3,(H,31,33)(H2,30,32,34)/b6-4+. The third-order valence-corrected chi connectivity index (χ3v) is 5.68. The number of halogens is 7. The van der Waals surface area contributed by atoms with Crippen molar-refractivity contribution in [2.45, 2.75) is 19.0 Å². The molecule has 12 heteroatoms. The van der Waals surface area contributed by atoms with Crippen LogP contribution in [0.15, 0.2) is 40.9 Å². The average molecular weight is 585 g/mol. The molecular weight excluding hydrogens is 565 g/mol. The fourth-order valence-corrected chi connectivity index (χ4v) is 3.94. The number of amides is 3. The van der Waals surface area contributed by atoms with Gasteiger partial charge in [-0.1, -0.05) is 41.4 Å². The van der Waals surface area contributed by atoms with E-state index in [1.54, 1.807) is 6.92 Å². The summed E-state index contributed by atoms with van der Waals surface area (Å²) in [5.74, 6) is -3.50. The molecule has 3 amide bonds. The second kappa shape index (κ2) is 12.4. The first kappa shape index (κ1) is 27.9. The maximum atomic E-state index is 13.6. The largest absolute Gasteiger partial charge is 0.399 e. The van der Waals surface area contributed by atoms with E-state index in [9.17, 15) is 27.2 Å². The van der Waals surface area contributed by atoms with E-state index < -0.39 is 33.9 Å². The number of nitrogens with one attached hydrogen (secondary N) is 3. The molecule has 34 heavy (non-hydrogen) atoms. The topological polar surface area (TPSA) is 70.2 Å². The van der Waals surface area contributed by atoms with E-state index in [2.05, 4.69) is 31.9 Å². The van der Waals surface area contributed by atoms with Crippen molar-refractivity contribution in [1.29, 1.82) is 0 Å². The summed E-state index contributed by atoms with van der Waals surface area (Å²) >= 11 is 14.6. The summed E-state index contributed by atoms with van der Waals surface area (Å²) in [5, 5.41) is 6.72. The first-order chi connectivity index (χ1) is 15.9. The fraction of sp³-hybridized carbons (Fsp3) is 0.273. The number of alkyl halides is 3. The van der Waals surface area contributed by atoms with Gasteiger partial charge in [0.1, 0.15) is 0 Å². The number of rotatable bonds is 8. The van der Waals surface area contributed by atoms with Crippen molar-refractivity contribution in [2.24, 2.45) is 0 Å². The average Bonchev–Trinajstić information content (AvgIpc) is 2.74. The van der Waals surface area contributed by atoms with E-state index in [4.69, 9.17) is 23.2 Å². The van der Waals surface area contributed by atoms with Crippen LogP contribution in [0.3, 0.4) is 0 Å². The second-order valence-corrected chi connectivity index (χ2v) is 8.63. The molecule has 0 saturated carbocycles. The molecule has 0 aliphatic heterocycles. The summed E-state index contributed by atoms with van der Waals surface area (Å²) in [7, 11) is 0. The van der Waals surface area contributed by atoms with Crippen LogP contribution in [0.25, 0.3) is 6.08 Å². The van der Waals surface area contributed by atoms with Gasteiger partial charge < -0.3 is 16.0 Å². The molecule has 2 rings (SSSR count). The van der Waals surface area contributed by atoms with Crippen LogP contribution in [0.4, 0.5) is 22.4 Å². The summed E-state index contributed by atoms with van der Waals surface area (Å²) in [5.41, 5.74) is 0.339. The highest BCUT2D eigenvalue weighted by molar-refractivity contribution is 9.10. The van der Waals surface area contributed by atoms with Gasteiger partial charge in [0.2, 0.25) is 0 Å². The Morgan fingerprint density at radius 2 is 1.68 bits per heavy atom. The number of carbonyl (C=O) groups is 2. The lowest BCUT2D eigenvalue weighted by Crippen LogP contribution is -2.40. The Hall–Kier alpha value is -2.30. The van der Waals surface area contributed by atoms with Gasteiger partial charge in [-0.2, -0.15) is 13.2 Å². The summed E-state index contributed by atoms with van der Waals surface area (Å²) in [4.78, 5) is 23.6. The van der Waals surface area contributed by atoms with Crippen LogP contribution in [0.5, 0.6) is 0 Å². The van der Waals surface area contributed by atoms with Gasteiger partial charge in [-0.25, -0.2) is 9.18 Å². The lowest BCUT2D eigenvalue weighted by atomic mass is 9.97. The van der Waals surface area contributed by atoms with Crippen LogP contribution >= 0.6 is 39.1 Å². The highest BCUT2D eigenvalue weighted by Crippen LogP contribution is 2.39. The molecule has 3 N–H and O–H groups in total. The predicted molar refractivity (Wildman–Crippen MR) is 128 cm³/mol. The lowest BCUT2D eigenvalue weighted by Gasteiger charge is -2.18. The van der Waals surface area contributed by atoms with Crippen LogP contribution in [-0.4, -0.2) is 37.7 Å². The van der Waals surface area contributed by atoms with Crippen LogP contribution in [0.1, 0.15) is 34.3 Å². The smallest absolute Gasteiger partial charge is 0.350 e. The minimum Gasteiger partial charge on any atom is -0.350 e. The third kappa shape index (κ3) is 7.89. The van der Waals surface area contributed by atoms with E-state index in [1.807, 2.05) is 0 Å². The van der Waals surface area contributed by atoms with Crippen molar-refractivity contribution in [3.8, 4) is 0 Å². The van der Waals surface area contributed by atoms with E-state index in [0.29, 0.717) is 16.6 Å². The highest BCUT2D eigenvalue weighted by Gasteiger charge is 2.39. The molecule has 5 nitrogen and oxygen atoms in total. The minimum absolute atomic E-state index is 0.181. The first-order valence-electron chi connectivity index (χ1n) is 9.92. The minimum atomic E-state index is -4.68. The number of hydrogen-bond donors (Lipinski definition) is 3. The Kier molecular flexibility index (Phi) is 10.2. The first-order valence-corrected chi connectivity index (χ1v) is 11.5. The highest BCUT2D eigenvalue weighted by atomic mass is 79.9. The molecule has 0 heterocycles. The number of hydrogen-bond acceptors (Lipinski definition) is 2. The molecule has 0 saturated heterocycles. The van der Waals surface area contributed by atoms with Crippen molar-refractivity contribution in [2.75, 3.05) is 19.6 Å². The summed E-state index contributed by atoms with van der Waals surface area (Å²) in [6.07, 6.45) is -2.55. The second-order valence-electron chi connectivity index (χ2n) is 6.96. The molecule has 0 aromatic heterocycles. The maximum Gasteiger partial charge on any atom is 0.399 e. The number of urea groups is 1. The van der Waals surface area contributed by atoms with E-state index in [1.165, 1.54) is 24.3 Å². The molecule has 0 aliphatic rings. The van der Waals surface area contributed by atoms with Crippen molar-refractivity contribution >= 4 is 57.1 Å². The molecule has 0 radical (unpaired) electrons. The molecular formula is C22H20BrCl2F4N3O2. The van der Waals surface area contributed by atoms with Gasteiger partial charge in [-0.05, 0) is 58.2 Å². The van der Waals surface area contributed by atoms with Gasteiger partial charge in [0.05, 0.1) is 21.5 Å². The molecule has 0 bridgehead atoms. The molecule has 2 aromatic carbocycles. The zero-order valence-electron chi connectivity index (χ0n) is 17.7. The normalized spacial score (nSPS) is 12.5. The molecule has 184 valence electrons. The van der Waals surface area contributed by atoms with Gasteiger partial charge in [0.25, 0.3) is 5.91 Å². The molecule has 2 aromatic rings. The van der Waals surface area contributed by atoms with Gasteiger partial charge in [-0.15, -0.1) is 0 Å². The molecule has 0 spiro atoms. The summed E-state index contributed by atoms with van der Waals surface area (Å²) in [6, 6.07) is 5.82. The van der Waals surface area contributed by atoms with Crippen LogP contribution < -0.4 is 16.0 Å². The Morgan fingerprint density at radius 3 is 2.24 bits per heavy atom. The van der Waals surface area contributed by atoms with Crippen molar-refractivity contribution in [1.82, 2.24) is 16.0 Å². The van der Waals surface area contributed by atoms with E-state index in [0.717, 1.165) is 18.2 Å². The van der Waals surface area contributed by atoms with Gasteiger partial charge in [-0.3, -0.25) is 4.79 Å². The van der Waals surface area contributed by atoms with Gasteiger partial charge >= 0.3 is 12.2 Å². The predicted octanol–water partition coefficient (Wildman–Crippen LogP) is 6.30. The van der Waals surface area contributed by atoms with Crippen molar-refractivity contribution in [3.63, 3.8) is 0 Å². The SMILES string of the molecule is CCNC(=O)NCCNC(=O)c1ccc(/C=C/C(c2cc(Cl)c(F)c(Cl)c2)C(F)(F)F)cc1Br. The zero-order chi connectivity index (χ0) is 25.5. The van der Waals surface area contributed by atoms with E-state index in [-0.39, 0.29) is 30.2 Å². The van der Waals surface area contributed by atoms with Crippen LogP contribution in [-0.2, 0) is 0 Å². The lowest BCUT2D eigenvalue weighted by molar-refractivity contribution is -0.139. The van der Waals surface area contributed by atoms with E-state index >= 15 is 0 Å². The van der Waals surface area contributed by atoms with Crippen LogP contribution in [0.2, 0.25) is 10.0 Å². The Morgan fingerprint density at radius 1 is 1.06 bits per heavy atom. The van der Waals surface area contributed by atoms with Gasteiger partial charge in [0, 0.05) is 24.1 Å². The summed E-state index contributed by atoms with van der Waals surface area (Å²) < 4.78 is 54.9. The van der Waals surface area contributed by atoms with Crippen LogP contribution in [0, 0.1) is 5.82 Å². The third-order valence-electron chi connectivity index (χ3n) is 4.47. The molecule has 0 aliphatic carbocycles. The number of benzene rings is 2. The molecule has 1 atom stereocenters. The fourth-order valence-electron chi connectivity index (χ4n) is 2.86.